The third-order valence-corrected chi connectivity index (χ3v) is 5.52. The fourth-order valence-corrected chi connectivity index (χ4v) is 3.90. The van der Waals surface area contributed by atoms with Crippen LogP contribution in [0.1, 0.15) is 30.4 Å². The number of nitrogens with one attached hydrogen (secondary N) is 1. The van der Waals surface area contributed by atoms with E-state index in [0.717, 1.165) is 54.0 Å². The Kier molecular flexibility index (Phi) is 10.2. The molecule has 1 atom stereocenters. The maximum atomic E-state index is 5.69. The molecule has 0 radical (unpaired) electrons. The van der Waals surface area contributed by atoms with Crippen molar-refractivity contribution >= 4 is 29.9 Å². The lowest BCUT2D eigenvalue weighted by Gasteiger charge is -2.22. The molecule has 0 bridgehead atoms. The second kappa shape index (κ2) is 12.6. The van der Waals surface area contributed by atoms with E-state index in [1.807, 2.05) is 38.2 Å². The van der Waals surface area contributed by atoms with E-state index < -0.39 is 0 Å². The molecule has 1 N–H and O–H groups in total. The van der Waals surface area contributed by atoms with Crippen molar-refractivity contribution in [2.75, 3.05) is 48.1 Å². The summed E-state index contributed by atoms with van der Waals surface area (Å²) in [5.74, 6) is 4.43. The maximum absolute atomic E-state index is 5.69. The highest BCUT2D eigenvalue weighted by atomic mass is 127. The number of hydrogen-bond donors (Lipinski definition) is 1. The zero-order valence-corrected chi connectivity index (χ0v) is 21.8. The monoisotopic (exact) mass is 555 g/mol. The number of methoxy groups -OCH3 is 3. The topological polar surface area (TPSA) is 64.6 Å². The normalized spacial score (nSPS) is 15.7. The smallest absolute Gasteiger partial charge is 0.193 e. The third kappa shape index (κ3) is 6.34. The van der Waals surface area contributed by atoms with Gasteiger partial charge in [0.2, 0.25) is 0 Å². The van der Waals surface area contributed by atoms with Gasteiger partial charge in [0, 0.05) is 38.7 Å². The second-order valence-corrected chi connectivity index (χ2v) is 7.40. The lowest BCUT2D eigenvalue weighted by molar-refractivity contribution is 0.310. The first-order valence-electron chi connectivity index (χ1n) is 10.6. The highest BCUT2D eigenvalue weighted by Gasteiger charge is 2.27. The zero-order valence-electron chi connectivity index (χ0n) is 19.5. The van der Waals surface area contributed by atoms with Gasteiger partial charge in [-0.25, -0.2) is 0 Å². The van der Waals surface area contributed by atoms with E-state index in [1.165, 1.54) is 5.56 Å². The highest BCUT2D eigenvalue weighted by Crippen LogP contribution is 2.33. The molecule has 1 heterocycles. The van der Waals surface area contributed by atoms with Crippen LogP contribution in [-0.4, -0.2) is 58.9 Å². The largest absolute Gasteiger partial charge is 0.497 e. The van der Waals surface area contributed by atoms with Crippen LogP contribution in [0.5, 0.6) is 23.0 Å². The number of hydrogen-bond acceptors (Lipinski definition) is 5. The Hall–Kier alpha value is -2.36. The molecule has 0 saturated carbocycles. The van der Waals surface area contributed by atoms with Gasteiger partial charge in [0.25, 0.3) is 0 Å². The Labute approximate surface area is 208 Å². The average molecular weight is 555 g/mol. The second-order valence-electron chi connectivity index (χ2n) is 7.40. The quantitative estimate of drug-likeness (QED) is 0.298. The predicted molar refractivity (Wildman–Crippen MR) is 138 cm³/mol. The van der Waals surface area contributed by atoms with E-state index >= 15 is 0 Å². The Morgan fingerprint density at radius 1 is 1.03 bits per heavy atom. The van der Waals surface area contributed by atoms with Crippen molar-refractivity contribution in [2.24, 2.45) is 4.99 Å². The summed E-state index contributed by atoms with van der Waals surface area (Å²) in [7, 11) is 6.84. The van der Waals surface area contributed by atoms with Gasteiger partial charge < -0.3 is 29.2 Å². The molecular formula is C24H34IN3O4. The fraction of sp³-hybridized carbons (Fsp3) is 0.458. The highest BCUT2D eigenvalue weighted by molar-refractivity contribution is 14.0. The Bertz CT molecular complexity index is 885. The maximum Gasteiger partial charge on any atom is 0.193 e. The number of likely N-dealkylation sites (tertiary alicyclic amines) is 1. The van der Waals surface area contributed by atoms with Crippen molar-refractivity contribution in [3.05, 3.63) is 47.5 Å². The summed E-state index contributed by atoms with van der Waals surface area (Å²) >= 11 is 0. The van der Waals surface area contributed by atoms with E-state index in [4.69, 9.17) is 18.9 Å². The van der Waals surface area contributed by atoms with E-state index in [0.29, 0.717) is 19.1 Å². The number of guanidine groups is 1. The first-order chi connectivity index (χ1) is 15.1. The van der Waals surface area contributed by atoms with Crippen molar-refractivity contribution in [3.8, 4) is 23.0 Å². The molecule has 176 valence electrons. The molecule has 1 aliphatic rings. The van der Waals surface area contributed by atoms with E-state index in [9.17, 15) is 0 Å². The summed E-state index contributed by atoms with van der Waals surface area (Å²) in [6.07, 6.45) is 1.05. The van der Waals surface area contributed by atoms with Crippen LogP contribution in [0.4, 0.5) is 0 Å². The molecule has 0 aliphatic carbocycles. The minimum Gasteiger partial charge on any atom is -0.497 e. The van der Waals surface area contributed by atoms with E-state index in [2.05, 4.69) is 27.3 Å². The molecule has 7 nitrogen and oxygen atoms in total. The van der Waals surface area contributed by atoms with Gasteiger partial charge in [-0.15, -0.1) is 24.0 Å². The zero-order chi connectivity index (χ0) is 22.2. The molecule has 1 unspecified atom stereocenters. The van der Waals surface area contributed by atoms with Crippen LogP contribution in [0, 0.1) is 0 Å². The van der Waals surface area contributed by atoms with Crippen LogP contribution < -0.4 is 24.3 Å². The Balaban J connectivity index is 0.00000363. The van der Waals surface area contributed by atoms with Gasteiger partial charge in [-0.3, -0.25) is 4.99 Å². The molecule has 2 aromatic rings. The van der Waals surface area contributed by atoms with Crippen LogP contribution in [0.2, 0.25) is 0 Å². The van der Waals surface area contributed by atoms with Gasteiger partial charge in [-0.05, 0) is 48.7 Å². The van der Waals surface area contributed by atoms with Crippen molar-refractivity contribution in [3.63, 3.8) is 0 Å². The van der Waals surface area contributed by atoms with Crippen LogP contribution in [0.25, 0.3) is 0 Å². The summed E-state index contributed by atoms with van der Waals surface area (Å²) in [4.78, 5) is 6.79. The first-order valence-corrected chi connectivity index (χ1v) is 10.6. The van der Waals surface area contributed by atoms with Gasteiger partial charge in [-0.1, -0.05) is 6.07 Å². The van der Waals surface area contributed by atoms with E-state index in [-0.39, 0.29) is 24.0 Å². The van der Waals surface area contributed by atoms with Gasteiger partial charge in [0.05, 0.1) is 27.9 Å². The number of ether oxygens (including phenoxy) is 4. The lowest BCUT2D eigenvalue weighted by Crippen LogP contribution is -2.39. The molecule has 0 amide bonds. The molecule has 8 heteroatoms. The Morgan fingerprint density at radius 2 is 1.75 bits per heavy atom. The van der Waals surface area contributed by atoms with Crippen LogP contribution in [-0.2, 0) is 6.54 Å². The molecule has 0 aromatic heterocycles. The summed E-state index contributed by atoms with van der Waals surface area (Å²) in [6, 6.07) is 12.1. The van der Waals surface area contributed by atoms with Crippen molar-refractivity contribution in [1.82, 2.24) is 10.2 Å². The summed E-state index contributed by atoms with van der Waals surface area (Å²) in [5, 5.41) is 3.48. The third-order valence-electron chi connectivity index (χ3n) is 5.52. The van der Waals surface area contributed by atoms with Crippen molar-refractivity contribution in [1.29, 1.82) is 0 Å². The predicted octanol–water partition coefficient (Wildman–Crippen LogP) is 4.29. The number of benzene rings is 2. The number of halogens is 1. The molecule has 32 heavy (non-hydrogen) atoms. The molecule has 1 saturated heterocycles. The fourth-order valence-electron chi connectivity index (χ4n) is 3.90. The van der Waals surface area contributed by atoms with Gasteiger partial charge in [0.15, 0.2) is 17.5 Å². The SMILES string of the molecule is CCOc1cc(CNC(=NC)N2CCC(c3cc(OC)cc(OC)c3)C2)ccc1OC.I. The number of rotatable bonds is 8. The van der Waals surface area contributed by atoms with Crippen LogP contribution in [0.15, 0.2) is 41.4 Å². The van der Waals surface area contributed by atoms with Gasteiger partial charge >= 0.3 is 0 Å². The molecule has 3 rings (SSSR count). The minimum atomic E-state index is 0. The van der Waals surface area contributed by atoms with E-state index in [1.54, 1.807) is 21.3 Å². The number of nitrogens with zero attached hydrogens (tertiary/aromatic N) is 2. The summed E-state index contributed by atoms with van der Waals surface area (Å²) in [6.45, 7) is 5.05. The summed E-state index contributed by atoms with van der Waals surface area (Å²) < 4.78 is 21.9. The minimum absolute atomic E-state index is 0. The molecular weight excluding hydrogens is 521 g/mol. The lowest BCUT2D eigenvalue weighted by atomic mass is 9.98. The van der Waals surface area contributed by atoms with Crippen molar-refractivity contribution in [2.45, 2.75) is 25.8 Å². The van der Waals surface area contributed by atoms with Gasteiger partial charge in [-0.2, -0.15) is 0 Å². The summed E-state index contributed by atoms with van der Waals surface area (Å²) in [5.41, 5.74) is 2.34. The molecule has 1 fully saturated rings. The standard InChI is InChI=1S/C24H33N3O4.HI/c1-6-31-23-11-17(7-8-22(23)30-5)15-26-24(25-2)27-10-9-18(16-27)19-12-20(28-3)14-21(13-19)29-4;/h7-8,11-14,18H,6,9-10,15-16H2,1-5H3,(H,25,26);1H. The van der Waals surface area contributed by atoms with Crippen LogP contribution in [0.3, 0.4) is 0 Å². The number of aliphatic imine (C=N–C) groups is 1. The molecule has 0 spiro atoms. The van der Waals surface area contributed by atoms with Gasteiger partial charge in [0.1, 0.15) is 11.5 Å². The molecule has 2 aromatic carbocycles. The Morgan fingerprint density at radius 3 is 2.34 bits per heavy atom. The first kappa shape index (κ1) is 25.9. The van der Waals surface area contributed by atoms with Crippen molar-refractivity contribution < 1.29 is 18.9 Å². The average Bonchev–Trinajstić information content (AvgIpc) is 3.29. The molecule has 1 aliphatic heterocycles. The van der Waals surface area contributed by atoms with Crippen LogP contribution >= 0.6 is 24.0 Å².